The van der Waals surface area contributed by atoms with E-state index in [1.165, 1.54) is 0 Å². The molecule has 24 heavy (non-hydrogen) atoms. The molecule has 1 aromatic carbocycles. The number of amides is 2. The van der Waals surface area contributed by atoms with E-state index in [-0.39, 0.29) is 18.2 Å². The van der Waals surface area contributed by atoms with Crippen molar-refractivity contribution >= 4 is 28.8 Å². The molecule has 1 heterocycles. The van der Waals surface area contributed by atoms with Crippen molar-refractivity contribution in [1.82, 2.24) is 4.90 Å². The Morgan fingerprint density at radius 1 is 1.29 bits per heavy atom. The van der Waals surface area contributed by atoms with Crippen LogP contribution in [0.5, 0.6) is 0 Å². The predicted molar refractivity (Wildman–Crippen MR) is 99.1 cm³/mol. The SMILES string of the molecule is C=CCN(Cc1ccsc1)C(=O)CC(=O)Nc1cccc(C)c1C. The van der Waals surface area contributed by atoms with E-state index in [0.717, 1.165) is 22.4 Å². The van der Waals surface area contributed by atoms with E-state index >= 15 is 0 Å². The number of anilines is 1. The minimum Gasteiger partial charge on any atom is -0.334 e. The van der Waals surface area contributed by atoms with Crippen LogP contribution in [0.15, 0.2) is 47.7 Å². The van der Waals surface area contributed by atoms with Crippen molar-refractivity contribution in [2.45, 2.75) is 26.8 Å². The Morgan fingerprint density at radius 2 is 2.08 bits per heavy atom. The molecule has 0 bridgehead atoms. The quantitative estimate of drug-likeness (QED) is 0.613. The third-order valence-electron chi connectivity index (χ3n) is 3.85. The molecule has 5 heteroatoms. The van der Waals surface area contributed by atoms with Crippen molar-refractivity contribution in [2.24, 2.45) is 0 Å². The molecular formula is C19H22N2O2S. The van der Waals surface area contributed by atoms with Crippen LogP contribution in [0.2, 0.25) is 0 Å². The predicted octanol–water partition coefficient (Wildman–Crippen LogP) is 3.91. The molecule has 0 saturated carbocycles. The van der Waals surface area contributed by atoms with Gasteiger partial charge in [0.2, 0.25) is 11.8 Å². The van der Waals surface area contributed by atoms with Crippen LogP contribution in [-0.2, 0) is 16.1 Å². The lowest BCUT2D eigenvalue weighted by Gasteiger charge is -2.20. The number of nitrogens with one attached hydrogen (secondary N) is 1. The fourth-order valence-electron chi connectivity index (χ4n) is 2.34. The summed E-state index contributed by atoms with van der Waals surface area (Å²) in [5.74, 6) is -0.503. The average molecular weight is 342 g/mol. The minimum atomic E-state index is -0.298. The van der Waals surface area contributed by atoms with Gasteiger partial charge >= 0.3 is 0 Å². The number of carbonyl (C=O) groups is 2. The zero-order chi connectivity index (χ0) is 17.5. The van der Waals surface area contributed by atoms with Crippen LogP contribution in [0.1, 0.15) is 23.1 Å². The van der Waals surface area contributed by atoms with E-state index in [9.17, 15) is 9.59 Å². The van der Waals surface area contributed by atoms with Crippen LogP contribution >= 0.6 is 11.3 Å². The van der Waals surface area contributed by atoms with Gasteiger partial charge in [0.25, 0.3) is 0 Å². The monoisotopic (exact) mass is 342 g/mol. The molecule has 1 N–H and O–H groups in total. The lowest BCUT2D eigenvalue weighted by Crippen LogP contribution is -2.33. The van der Waals surface area contributed by atoms with Crippen molar-refractivity contribution in [3.05, 3.63) is 64.4 Å². The van der Waals surface area contributed by atoms with Crippen LogP contribution in [0, 0.1) is 13.8 Å². The van der Waals surface area contributed by atoms with Crippen molar-refractivity contribution in [3.63, 3.8) is 0 Å². The van der Waals surface area contributed by atoms with E-state index in [1.807, 2.05) is 48.9 Å². The van der Waals surface area contributed by atoms with Crippen LogP contribution < -0.4 is 5.32 Å². The average Bonchev–Trinajstić information content (AvgIpc) is 3.04. The number of carbonyl (C=O) groups excluding carboxylic acids is 2. The lowest BCUT2D eigenvalue weighted by atomic mass is 10.1. The Labute approximate surface area is 146 Å². The van der Waals surface area contributed by atoms with Gasteiger partial charge in [-0.1, -0.05) is 18.2 Å². The van der Waals surface area contributed by atoms with Gasteiger partial charge in [0.1, 0.15) is 6.42 Å². The summed E-state index contributed by atoms with van der Waals surface area (Å²) in [6.07, 6.45) is 1.50. The first-order valence-electron chi connectivity index (χ1n) is 7.77. The lowest BCUT2D eigenvalue weighted by molar-refractivity contribution is -0.134. The highest BCUT2D eigenvalue weighted by Gasteiger charge is 2.17. The molecule has 0 radical (unpaired) electrons. The van der Waals surface area contributed by atoms with Crippen molar-refractivity contribution in [1.29, 1.82) is 0 Å². The van der Waals surface area contributed by atoms with E-state index in [0.29, 0.717) is 13.1 Å². The highest BCUT2D eigenvalue weighted by Crippen LogP contribution is 2.18. The summed E-state index contributed by atoms with van der Waals surface area (Å²) in [6, 6.07) is 7.70. The molecule has 0 spiro atoms. The van der Waals surface area contributed by atoms with Crippen LogP contribution in [0.4, 0.5) is 5.69 Å². The molecule has 2 aromatic rings. The second-order valence-corrected chi connectivity index (χ2v) is 6.45. The zero-order valence-electron chi connectivity index (χ0n) is 14.0. The minimum absolute atomic E-state index is 0.175. The number of rotatable bonds is 7. The van der Waals surface area contributed by atoms with E-state index in [4.69, 9.17) is 0 Å². The van der Waals surface area contributed by atoms with Gasteiger partial charge in [-0.3, -0.25) is 9.59 Å². The second-order valence-electron chi connectivity index (χ2n) is 5.67. The van der Waals surface area contributed by atoms with Crippen molar-refractivity contribution < 1.29 is 9.59 Å². The van der Waals surface area contributed by atoms with Gasteiger partial charge < -0.3 is 10.2 Å². The number of hydrogen-bond acceptors (Lipinski definition) is 3. The number of benzene rings is 1. The topological polar surface area (TPSA) is 49.4 Å². The van der Waals surface area contributed by atoms with Gasteiger partial charge in [0.15, 0.2) is 0 Å². The maximum absolute atomic E-state index is 12.4. The van der Waals surface area contributed by atoms with Crippen LogP contribution in [0.25, 0.3) is 0 Å². The Balaban J connectivity index is 1.99. The van der Waals surface area contributed by atoms with Gasteiger partial charge in [0, 0.05) is 18.8 Å². The van der Waals surface area contributed by atoms with Crippen LogP contribution in [-0.4, -0.2) is 23.3 Å². The first-order valence-corrected chi connectivity index (χ1v) is 8.71. The molecule has 4 nitrogen and oxygen atoms in total. The third kappa shape index (κ3) is 4.80. The van der Waals surface area contributed by atoms with E-state index in [1.54, 1.807) is 22.3 Å². The molecule has 0 aliphatic heterocycles. The number of nitrogens with zero attached hydrogens (tertiary/aromatic N) is 1. The normalized spacial score (nSPS) is 10.2. The van der Waals surface area contributed by atoms with E-state index in [2.05, 4.69) is 11.9 Å². The number of aryl methyl sites for hydroxylation is 1. The summed E-state index contributed by atoms with van der Waals surface area (Å²) in [7, 11) is 0. The first kappa shape index (κ1) is 17.9. The van der Waals surface area contributed by atoms with Gasteiger partial charge in [-0.05, 0) is 53.4 Å². The molecule has 0 saturated heterocycles. The number of hydrogen-bond donors (Lipinski definition) is 1. The van der Waals surface area contributed by atoms with E-state index < -0.39 is 0 Å². The Kier molecular flexibility index (Phi) is 6.32. The Morgan fingerprint density at radius 3 is 2.75 bits per heavy atom. The number of thiophene rings is 1. The van der Waals surface area contributed by atoms with Crippen molar-refractivity contribution in [3.8, 4) is 0 Å². The molecule has 1 aromatic heterocycles. The molecule has 0 fully saturated rings. The van der Waals surface area contributed by atoms with Crippen molar-refractivity contribution in [2.75, 3.05) is 11.9 Å². The molecule has 0 unspecified atom stereocenters. The Hall–Kier alpha value is -2.40. The van der Waals surface area contributed by atoms with Crippen LogP contribution in [0.3, 0.4) is 0 Å². The molecule has 0 aliphatic rings. The molecule has 126 valence electrons. The Bertz CT molecular complexity index is 723. The summed E-state index contributed by atoms with van der Waals surface area (Å²) < 4.78 is 0. The standard InChI is InChI=1S/C19H22N2O2S/c1-4-9-21(12-16-8-10-24-13-16)19(23)11-18(22)20-17-7-5-6-14(2)15(17)3/h4-8,10,13H,1,9,11-12H2,2-3H3,(H,20,22). The molecule has 2 rings (SSSR count). The second kappa shape index (κ2) is 8.45. The summed E-state index contributed by atoms with van der Waals surface area (Å²) in [5.41, 5.74) is 3.93. The summed E-state index contributed by atoms with van der Waals surface area (Å²) in [4.78, 5) is 26.3. The van der Waals surface area contributed by atoms with Gasteiger partial charge in [-0.25, -0.2) is 0 Å². The third-order valence-corrected chi connectivity index (χ3v) is 4.58. The maximum atomic E-state index is 12.4. The smallest absolute Gasteiger partial charge is 0.233 e. The summed E-state index contributed by atoms with van der Waals surface area (Å²) >= 11 is 1.59. The van der Waals surface area contributed by atoms with Gasteiger partial charge in [-0.2, -0.15) is 11.3 Å². The molecule has 0 aliphatic carbocycles. The molecular weight excluding hydrogens is 320 g/mol. The fraction of sp³-hybridized carbons (Fsp3) is 0.263. The molecule has 2 amide bonds. The van der Waals surface area contributed by atoms with Gasteiger partial charge in [-0.15, -0.1) is 6.58 Å². The highest BCUT2D eigenvalue weighted by atomic mass is 32.1. The zero-order valence-corrected chi connectivity index (χ0v) is 14.9. The van der Waals surface area contributed by atoms with Gasteiger partial charge in [0.05, 0.1) is 0 Å². The molecule has 0 atom stereocenters. The fourth-order valence-corrected chi connectivity index (χ4v) is 3.00. The maximum Gasteiger partial charge on any atom is 0.233 e. The largest absolute Gasteiger partial charge is 0.334 e. The summed E-state index contributed by atoms with van der Waals surface area (Å²) in [5, 5.41) is 6.80. The highest BCUT2D eigenvalue weighted by molar-refractivity contribution is 7.07. The first-order chi connectivity index (χ1) is 11.5. The summed E-state index contributed by atoms with van der Waals surface area (Å²) in [6.45, 7) is 8.54.